The van der Waals surface area contributed by atoms with Crippen LogP contribution in [0.25, 0.3) is 33.5 Å². The van der Waals surface area contributed by atoms with Crippen molar-refractivity contribution in [1.82, 2.24) is 19.7 Å². The highest BCUT2D eigenvalue weighted by Gasteiger charge is 2.24. The maximum Gasteiger partial charge on any atom is 0.439 e. The molecule has 3 heterocycles. The standard InChI is InChI=1S/C26H24N4O5S/c1-4-13-34-25-27-20-15(2)36-22(24(31)33-3)21(20)30(25)14-16-9-11-17(12-10-16)18-7-5-6-8-19(18)23-28-26(32)35-29-23/h5-12H,4,13-14H2,1-3H3,(H,28,29,32). The Bertz CT molecular complexity index is 1590. The molecule has 0 atom stereocenters. The summed E-state index contributed by atoms with van der Waals surface area (Å²) < 4.78 is 17.6. The fraction of sp³-hybridized carbons (Fsp3) is 0.231. The van der Waals surface area contributed by atoms with Gasteiger partial charge in [-0.15, -0.1) is 11.3 Å². The second kappa shape index (κ2) is 9.82. The van der Waals surface area contributed by atoms with Gasteiger partial charge in [0.05, 0.1) is 25.8 Å². The molecule has 0 unspecified atom stereocenters. The van der Waals surface area contributed by atoms with Gasteiger partial charge >= 0.3 is 11.7 Å². The summed E-state index contributed by atoms with van der Waals surface area (Å²) in [5, 5.41) is 3.83. The van der Waals surface area contributed by atoms with Crippen molar-refractivity contribution in [3.63, 3.8) is 0 Å². The van der Waals surface area contributed by atoms with Gasteiger partial charge in [0.25, 0.3) is 6.01 Å². The number of H-pyrrole nitrogens is 1. The number of hydrogen-bond donors (Lipinski definition) is 1. The lowest BCUT2D eigenvalue weighted by molar-refractivity contribution is 0.0608. The number of imidazole rings is 1. The van der Waals surface area contributed by atoms with E-state index in [0.717, 1.165) is 44.6 Å². The maximum absolute atomic E-state index is 12.5. The second-order valence-corrected chi connectivity index (χ2v) is 9.42. The number of thiophene rings is 1. The third-order valence-electron chi connectivity index (χ3n) is 5.77. The van der Waals surface area contributed by atoms with E-state index in [9.17, 15) is 9.59 Å². The number of rotatable bonds is 8. The number of carbonyl (C=O) groups excluding carboxylic acids is 1. The molecule has 2 aromatic carbocycles. The molecule has 0 fully saturated rings. The summed E-state index contributed by atoms with van der Waals surface area (Å²) >= 11 is 1.37. The minimum Gasteiger partial charge on any atom is -0.465 e. The zero-order chi connectivity index (χ0) is 25.2. The van der Waals surface area contributed by atoms with Crippen LogP contribution in [0.1, 0.15) is 33.5 Å². The number of hydrogen-bond acceptors (Lipinski definition) is 8. The molecule has 184 valence electrons. The van der Waals surface area contributed by atoms with Gasteiger partial charge in [0, 0.05) is 10.4 Å². The van der Waals surface area contributed by atoms with Gasteiger partial charge in [-0.2, -0.15) is 4.98 Å². The van der Waals surface area contributed by atoms with Crippen LogP contribution in [0.15, 0.2) is 57.8 Å². The van der Waals surface area contributed by atoms with E-state index in [1.807, 2.05) is 66.9 Å². The SMILES string of the molecule is CCCOc1nc2c(C)sc(C(=O)OC)c2n1Cc1ccc(-c2ccccc2-c2noc(=O)[nH]2)cc1. The smallest absolute Gasteiger partial charge is 0.439 e. The molecule has 3 aromatic heterocycles. The molecule has 0 aliphatic carbocycles. The third-order valence-corrected chi connectivity index (χ3v) is 6.83. The lowest BCUT2D eigenvalue weighted by Gasteiger charge is -2.12. The molecule has 5 rings (SSSR count). The van der Waals surface area contributed by atoms with E-state index >= 15 is 0 Å². The van der Waals surface area contributed by atoms with Gasteiger partial charge in [0.2, 0.25) is 0 Å². The van der Waals surface area contributed by atoms with Crippen LogP contribution >= 0.6 is 11.3 Å². The highest BCUT2D eigenvalue weighted by atomic mass is 32.1. The quantitative estimate of drug-likeness (QED) is 0.295. The lowest BCUT2D eigenvalue weighted by atomic mass is 9.98. The molecule has 0 spiro atoms. The number of methoxy groups -OCH3 is 1. The van der Waals surface area contributed by atoms with Crippen molar-refractivity contribution < 1.29 is 18.8 Å². The summed E-state index contributed by atoms with van der Waals surface area (Å²) in [5.74, 6) is -0.613. The molecule has 0 amide bonds. The van der Waals surface area contributed by atoms with Gasteiger partial charge in [-0.25, -0.2) is 9.59 Å². The topological polar surface area (TPSA) is 112 Å². The molecular formula is C26H24N4O5S. The van der Waals surface area contributed by atoms with E-state index in [2.05, 4.69) is 14.7 Å². The van der Waals surface area contributed by atoms with Crippen LogP contribution in [0.3, 0.4) is 0 Å². The number of esters is 1. The van der Waals surface area contributed by atoms with Crippen LogP contribution in [0.5, 0.6) is 6.01 Å². The Hall–Kier alpha value is -4.18. The van der Waals surface area contributed by atoms with Crippen molar-refractivity contribution in [2.24, 2.45) is 0 Å². The minimum absolute atomic E-state index is 0.376. The van der Waals surface area contributed by atoms with Crippen LogP contribution in [0, 0.1) is 6.92 Å². The van der Waals surface area contributed by atoms with Crippen molar-refractivity contribution in [2.75, 3.05) is 13.7 Å². The lowest BCUT2D eigenvalue weighted by Crippen LogP contribution is -2.08. The summed E-state index contributed by atoms with van der Waals surface area (Å²) in [6.45, 7) is 4.96. The van der Waals surface area contributed by atoms with E-state index in [1.54, 1.807) is 0 Å². The first-order chi connectivity index (χ1) is 17.5. The summed E-state index contributed by atoms with van der Waals surface area (Å²) in [6.07, 6.45) is 0.841. The maximum atomic E-state index is 12.5. The van der Waals surface area contributed by atoms with Gasteiger partial charge in [-0.1, -0.05) is 60.6 Å². The van der Waals surface area contributed by atoms with Crippen molar-refractivity contribution in [2.45, 2.75) is 26.8 Å². The van der Waals surface area contributed by atoms with Crippen molar-refractivity contribution in [3.05, 3.63) is 74.4 Å². The first-order valence-electron chi connectivity index (χ1n) is 11.5. The zero-order valence-electron chi connectivity index (χ0n) is 20.0. The predicted octanol–water partition coefficient (Wildman–Crippen LogP) is 5.04. The number of aryl methyl sites for hydroxylation is 1. The van der Waals surface area contributed by atoms with E-state index < -0.39 is 5.76 Å². The van der Waals surface area contributed by atoms with Crippen LogP contribution in [-0.2, 0) is 11.3 Å². The predicted molar refractivity (Wildman–Crippen MR) is 137 cm³/mol. The Morgan fingerprint density at radius 1 is 1.14 bits per heavy atom. The van der Waals surface area contributed by atoms with E-state index in [4.69, 9.17) is 14.5 Å². The van der Waals surface area contributed by atoms with Crippen molar-refractivity contribution in [1.29, 1.82) is 0 Å². The number of nitrogens with zero attached hydrogens (tertiary/aromatic N) is 3. The summed E-state index contributed by atoms with van der Waals surface area (Å²) in [6, 6.07) is 16.2. The van der Waals surface area contributed by atoms with Gasteiger partial charge in [-0.05, 0) is 30.0 Å². The van der Waals surface area contributed by atoms with Crippen molar-refractivity contribution in [3.8, 4) is 28.5 Å². The van der Waals surface area contributed by atoms with E-state index in [1.165, 1.54) is 18.4 Å². The monoisotopic (exact) mass is 504 g/mol. The summed E-state index contributed by atoms with van der Waals surface area (Å²) in [5.41, 5.74) is 5.11. The zero-order valence-corrected chi connectivity index (χ0v) is 20.8. The Labute approximate surface area is 210 Å². The Kier molecular flexibility index (Phi) is 6.43. The molecule has 36 heavy (non-hydrogen) atoms. The molecule has 0 aliphatic heterocycles. The van der Waals surface area contributed by atoms with Gasteiger partial charge in [-0.3, -0.25) is 14.1 Å². The van der Waals surface area contributed by atoms with Crippen molar-refractivity contribution >= 4 is 28.3 Å². The number of benzene rings is 2. The molecular weight excluding hydrogens is 480 g/mol. The van der Waals surface area contributed by atoms with Gasteiger partial charge in [0.1, 0.15) is 10.4 Å². The first kappa shape index (κ1) is 23.6. The Balaban J connectivity index is 1.52. The number of nitrogens with one attached hydrogen (secondary N) is 1. The van der Waals surface area contributed by atoms with Crippen LogP contribution in [0.2, 0.25) is 0 Å². The molecule has 10 heteroatoms. The summed E-state index contributed by atoms with van der Waals surface area (Å²) in [4.78, 5) is 32.7. The molecule has 0 saturated heterocycles. The third kappa shape index (κ3) is 4.31. The second-order valence-electron chi connectivity index (χ2n) is 8.19. The van der Waals surface area contributed by atoms with Crippen LogP contribution in [0.4, 0.5) is 0 Å². The molecule has 1 N–H and O–H groups in total. The molecule has 0 bridgehead atoms. The largest absolute Gasteiger partial charge is 0.465 e. The minimum atomic E-state index is -0.599. The van der Waals surface area contributed by atoms with Gasteiger partial charge in [0.15, 0.2) is 5.82 Å². The number of carbonyl (C=O) groups is 1. The number of ether oxygens (including phenoxy) is 2. The van der Waals surface area contributed by atoms with Crippen LogP contribution < -0.4 is 10.5 Å². The summed E-state index contributed by atoms with van der Waals surface area (Å²) in [7, 11) is 1.38. The fourth-order valence-electron chi connectivity index (χ4n) is 4.10. The Morgan fingerprint density at radius 3 is 2.56 bits per heavy atom. The van der Waals surface area contributed by atoms with E-state index in [0.29, 0.717) is 29.9 Å². The Morgan fingerprint density at radius 2 is 1.89 bits per heavy atom. The normalized spacial score (nSPS) is 11.2. The molecule has 0 saturated carbocycles. The number of fused-ring (bicyclic) bond motifs is 1. The highest BCUT2D eigenvalue weighted by molar-refractivity contribution is 7.15. The highest BCUT2D eigenvalue weighted by Crippen LogP contribution is 2.35. The average molecular weight is 505 g/mol. The van der Waals surface area contributed by atoms with E-state index in [-0.39, 0.29) is 5.97 Å². The number of aromatic nitrogens is 4. The van der Waals surface area contributed by atoms with Gasteiger partial charge < -0.3 is 9.47 Å². The molecule has 0 radical (unpaired) electrons. The molecule has 0 aliphatic rings. The molecule has 9 nitrogen and oxygen atoms in total. The average Bonchev–Trinajstić information content (AvgIpc) is 3.58. The fourth-order valence-corrected chi connectivity index (χ4v) is 5.11. The van der Waals surface area contributed by atoms with Crippen LogP contribution in [-0.4, -0.2) is 39.4 Å². The molecule has 5 aromatic rings. The number of aromatic amines is 1. The first-order valence-corrected chi connectivity index (χ1v) is 12.3.